The molecule has 0 aromatic heterocycles. The Morgan fingerprint density at radius 3 is 3.06 bits per heavy atom. The lowest BCUT2D eigenvalue weighted by Crippen LogP contribution is -2.49. The minimum atomic E-state index is 0.562. The molecule has 3 N–H and O–H groups in total. The lowest BCUT2D eigenvalue weighted by atomic mass is 10.0. The predicted octanol–water partition coefficient (Wildman–Crippen LogP) is 1.44. The van der Waals surface area contributed by atoms with Gasteiger partial charge in [-0.25, -0.2) is 0 Å². The fourth-order valence-electron chi connectivity index (χ4n) is 2.30. The van der Waals surface area contributed by atoms with Crippen molar-refractivity contribution in [2.24, 2.45) is 0 Å². The van der Waals surface area contributed by atoms with Gasteiger partial charge in [0.05, 0.1) is 0 Å². The van der Waals surface area contributed by atoms with Crippen molar-refractivity contribution >= 4 is 17.4 Å². The molecule has 0 bridgehead atoms. The number of piperazine rings is 1. The maximum Gasteiger partial charge on any atom is 0.0452 e. The van der Waals surface area contributed by atoms with Crippen LogP contribution in [0.25, 0.3) is 0 Å². The van der Waals surface area contributed by atoms with Crippen LogP contribution >= 0.6 is 11.8 Å². The highest BCUT2D eigenvalue weighted by atomic mass is 32.2. The zero-order valence-corrected chi connectivity index (χ0v) is 11.4. The van der Waals surface area contributed by atoms with Crippen molar-refractivity contribution in [3.63, 3.8) is 0 Å². The smallest absolute Gasteiger partial charge is 0.0452 e. The molecule has 0 spiro atoms. The largest absolute Gasteiger partial charge is 0.398 e. The maximum absolute atomic E-state index is 5.91. The quantitative estimate of drug-likeness (QED) is 0.630. The standard InChI is InChI=1S/C13H21N3S/c1-16-6-5-15-11(9-16)7-10-3-4-12(14)13(8-10)17-2/h3-4,8,11,15H,5-7,9,14H2,1-2H3. The van der Waals surface area contributed by atoms with Crippen LogP contribution in [0.3, 0.4) is 0 Å². The van der Waals surface area contributed by atoms with Crippen LogP contribution in [0.5, 0.6) is 0 Å². The number of nitrogen functional groups attached to an aromatic ring is 1. The Labute approximate surface area is 108 Å². The molecule has 1 saturated heterocycles. The van der Waals surface area contributed by atoms with Gasteiger partial charge in [0.2, 0.25) is 0 Å². The van der Waals surface area contributed by atoms with Gasteiger partial charge in [0.15, 0.2) is 0 Å². The highest BCUT2D eigenvalue weighted by Gasteiger charge is 2.16. The molecule has 1 aromatic rings. The summed E-state index contributed by atoms with van der Waals surface area (Å²) in [6, 6.07) is 6.95. The topological polar surface area (TPSA) is 41.3 Å². The molecule has 1 aliphatic heterocycles. The van der Waals surface area contributed by atoms with Crippen molar-refractivity contribution in [2.45, 2.75) is 17.4 Å². The van der Waals surface area contributed by atoms with Crippen LogP contribution in [0.1, 0.15) is 5.56 Å². The third-order valence-corrected chi connectivity index (χ3v) is 4.03. The van der Waals surface area contributed by atoms with Gasteiger partial charge in [-0.2, -0.15) is 0 Å². The van der Waals surface area contributed by atoms with E-state index in [0.717, 1.165) is 31.7 Å². The fraction of sp³-hybridized carbons (Fsp3) is 0.538. The van der Waals surface area contributed by atoms with E-state index in [1.54, 1.807) is 11.8 Å². The van der Waals surface area contributed by atoms with Crippen molar-refractivity contribution in [3.8, 4) is 0 Å². The van der Waals surface area contributed by atoms with Crippen LogP contribution in [0.4, 0.5) is 5.69 Å². The van der Waals surface area contributed by atoms with Crippen molar-refractivity contribution in [2.75, 3.05) is 38.7 Å². The average molecular weight is 251 g/mol. The van der Waals surface area contributed by atoms with Gasteiger partial charge in [0.25, 0.3) is 0 Å². The zero-order valence-electron chi connectivity index (χ0n) is 10.6. The lowest BCUT2D eigenvalue weighted by molar-refractivity contribution is 0.238. The minimum absolute atomic E-state index is 0.562. The third-order valence-electron chi connectivity index (χ3n) is 3.24. The Bertz CT molecular complexity index is 381. The second kappa shape index (κ2) is 5.76. The van der Waals surface area contributed by atoms with Crippen LogP contribution in [-0.4, -0.2) is 43.9 Å². The van der Waals surface area contributed by atoms with Crippen LogP contribution < -0.4 is 11.1 Å². The summed E-state index contributed by atoms with van der Waals surface area (Å²) in [6.45, 7) is 3.36. The molecule has 2 rings (SSSR count). The molecule has 3 nitrogen and oxygen atoms in total. The normalized spacial score (nSPS) is 21.6. The Kier molecular flexibility index (Phi) is 4.31. The first-order valence-corrected chi connectivity index (χ1v) is 7.26. The van der Waals surface area contributed by atoms with E-state index in [9.17, 15) is 0 Å². The highest BCUT2D eigenvalue weighted by Crippen LogP contribution is 2.24. The third kappa shape index (κ3) is 3.37. The molecule has 0 radical (unpaired) electrons. The number of nitrogens with zero attached hydrogens (tertiary/aromatic N) is 1. The summed E-state index contributed by atoms with van der Waals surface area (Å²) in [5, 5.41) is 3.57. The molecule has 0 aliphatic carbocycles. The van der Waals surface area contributed by atoms with E-state index < -0.39 is 0 Å². The van der Waals surface area contributed by atoms with Gasteiger partial charge in [0.1, 0.15) is 0 Å². The van der Waals surface area contributed by atoms with Crippen LogP contribution in [-0.2, 0) is 6.42 Å². The van der Waals surface area contributed by atoms with E-state index in [0.29, 0.717) is 6.04 Å². The van der Waals surface area contributed by atoms with Crippen LogP contribution in [0.15, 0.2) is 23.1 Å². The molecule has 1 aromatic carbocycles. The Hall–Kier alpha value is -0.710. The van der Waals surface area contributed by atoms with Gasteiger partial charge >= 0.3 is 0 Å². The molecule has 4 heteroatoms. The Morgan fingerprint density at radius 2 is 2.35 bits per heavy atom. The number of benzene rings is 1. The molecule has 1 heterocycles. The van der Waals surface area contributed by atoms with E-state index in [4.69, 9.17) is 5.73 Å². The molecule has 17 heavy (non-hydrogen) atoms. The summed E-state index contributed by atoms with van der Waals surface area (Å²) >= 11 is 1.72. The maximum atomic E-state index is 5.91. The fourth-order valence-corrected chi connectivity index (χ4v) is 2.87. The number of anilines is 1. The predicted molar refractivity (Wildman–Crippen MR) is 75.6 cm³/mol. The molecule has 1 aliphatic rings. The molecule has 94 valence electrons. The number of nitrogens with two attached hydrogens (primary N) is 1. The van der Waals surface area contributed by atoms with E-state index in [1.165, 1.54) is 10.5 Å². The summed E-state index contributed by atoms with van der Waals surface area (Å²) in [6.07, 6.45) is 3.15. The highest BCUT2D eigenvalue weighted by molar-refractivity contribution is 7.98. The van der Waals surface area contributed by atoms with Gasteiger partial charge < -0.3 is 16.0 Å². The summed E-state index contributed by atoms with van der Waals surface area (Å²) in [7, 11) is 2.18. The second-order valence-electron chi connectivity index (χ2n) is 4.69. The molecular formula is C13H21N3S. The van der Waals surface area contributed by atoms with Gasteiger partial charge in [-0.15, -0.1) is 11.8 Å². The summed E-state index contributed by atoms with van der Waals surface area (Å²) in [4.78, 5) is 3.57. The van der Waals surface area contributed by atoms with Crippen molar-refractivity contribution in [3.05, 3.63) is 23.8 Å². The van der Waals surface area contributed by atoms with Crippen LogP contribution in [0, 0.1) is 0 Å². The molecule has 0 amide bonds. The molecule has 0 saturated carbocycles. The first kappa shape index (κ1) is 12.7. The average Bonchev–Trinajstić information content (AvgIpc) is 2.32. The summed E-state index contributed by atoms with van der Waals surface area (Å²) < 4.78 is 0. The lowest BCUT2D eigenvalue weighted by Gasteiger charge is -2.31. The van der Waals surface area contributed by atoms with E-state index >= 15 is 0 Å². The summed E-state index contributed by atoms with van der Waals surface area (Å²) in [5.74, 6) is 0. The van der Waals surface area contributed by atoms with Crippen molar-refractivity contribution in [1.29, 1.82) is 0 Å². The molecular weight excluding hydrogens is 230 g/mol. The number of hydrogen-bond donors (Lipinski definition) is 2. The zero-order chi connectivity index (χ0) is 12.3. The van der Waals surface area contributed by atoms with Gasteiger partial charge in [0, 0.05) is 36.3 Å². The summed E-state index contributed by atoms with van der Waals surface area (Å²) in [5.41, 5.74) is 8.17. The minimum Gasteiger partial charge on any atom is -0.398 e. The van der Waals surface area contributed by atoms with Crippen molar-refractivity contribution in [1.82, 2.24) is 10.2 Å². The first-order chi connectivity index (χ1) is 8.19. The van der Waals surface area contributed by atoms with Gasteiger partial charge in [-0.3, -0.25) is 0 Å². The van der Waals surface area contributed by atoms with E-state index in [-0.39, 0.29) is 0 Å². The number of hydrogen-bond acceptors (Lipinski definition) is 4. The molecule has 1 unspecified atom stereocenters. The number of nitrogens with one attached hydrogen (secondary N) is 1. The number of likely N-dealkylation sites (N-methyl/N-ethyl adjacent to an activating group) is 1. The van der Waals surface area contributed by atoms with Gasteiger partial charge in [-0.1, -0.05) is 6.07 Å². The number of rotatable bonds is 3. The molecule has 1 fully saturated rings. The number of thioether (sulfide) groups is 1. The van der Waals surface area contributed by atoms with E-state index in [2.05, 4.69) is 35.7 Å². The molecule has 1 atom stereocenters. The van der Waals surface area contributed by atoms with Crippen LogP contribution in [0.2, 0.25) is 0 Å². The SMILES string of the molecule is CSc1cc(CC2CN(C)CCN2)ccc1N. The second-order valence-corrected chi connectivity index (χ2v) is 5.54. The van der Waals surface area contributed by atoms with Crippen molar-refractivity contribution < 1.29 is 0 Å². The Morgan fingerprint density at radius 1 is 1.53 bits per heavy atom. The van der Waals surface area contributed by atoms with Gasteiger partial charge in [-0.05, 0) is 37.4 Å². The van der Waals surface area contributed by atoms with E-state index in [1.807, 2.05) is 6.07 Å². The first-order valence-electron chi connectivity index (χ1n) is 6.03. The monoisotopic (exact) mass is 251 g/mol. The Balaban J connectivity index is 2.02.